The highest BCUT2D eigenvalue weighted by Gasteiger charge is 2.06. The first-order chi connectivity index (χ1) is 9.54. The molecule has 0 aliphatic heterocycles. The van der Waals surface area contributed by atoms with Crippen LogP contribution >= 0.6 is 31.9 Å². The summed E-state index contributed by atoms with van der Waals surface area (Å²) in [4.78, 5) is 0. The van der Waals surface area contributed by atoms with Gasteiger partial charge in [-0.1, -0.05) is 44.0 Å². The van der Waals surface area contributed by atoms with Gasteiger partial charge >= 0.3 is 0 Å². The van der Waals surface area contributed by atoms with Gasteiger partial charge in [-0.2, -0.15) is 0 Å². The molecule has 1 atom stereocenters. The van der Waals surface area contributed by atoms with Crippen molar-refractivity contribution in [2.75, 3.05) is 0 Å². The molecule has 2 aromatic rings. The molecule has 0 saturated heterocycles. The summed E-state index contributed by atoms with van der Waals surface area (Å²) in [5, 5.41) is 3.36. The molecule has 1 N–H and O–H groups in total. The van der Waals surface area contributed by atoms with Gasteiger partial charge in [0, 0.05) is 27.1 Å². The van der Waals surface area contributed by atoms with Crippen molar-refractivity contribution >= 4 is 31.9 Å². The lowest BCUT2D eigenvalue weighted by Gasteiger charge is -2.14. The van der Waals surface area contributed by atoms with Crippen molar-refractivity contribution in [2.24, 2.45) is 0 Å². The van der Waals surface area contributed by atoms with E-state index in [1.807, 2.05) is 18.2 Å². The topological polar surface area (TPSA) is 12.0 Å². The van der Waals surface area contributed by atoms with Crippen LogP contribution < -0.4 is 5.32 Å². The van der Waals surface area contributed by atoms with Crippen LogP contribution in [0, 0.1) is 5.82 Å². The lowest BCUT2D eigenvalue weighted by molar-refractivity contribution is 0.525. The monoisotopic (exact) mass is 399 g/mol. The maximum atomic E-state index is 13.6. The van der Waals surface area contributed by atoms with E-state index in [2.05, 4.69) is 56.2 Å². The zero-order valence-corrected chi connectivity index (χ0v) is 14.3. The largest absolute Gasteiger partial charge is 0.310 e. The van der Waals surface area contributed by atoms with Crippen molar-refractivity contribution in [3.05, 3.63) is 68.4 Å². The number of hydrogen-bond donors (Lipinski definition) is 1. The van der Waals surface area contributed by atoms with E-state index in [4.69, 9.17) is 0 Å². The van der Waals surface area contributed by atoms with Crippen LogP contribution in [0.1, 0.15) is 18.1 Å². The minimum absolute atomic E-state index is 0.170. The van der Waals surface area contributed by atoms with Crippen LogP contribution in [-0.2, 0) is 13.0 Å². The molecule has 0 aliphatic carbocycles. The summed E-state index contributed by atoms with van der Waals surface area (Å²) >= 11 is 6.79. The van der Waals surface area contributed by atoms with Crippen LogP contribution in [0.3, 0.4) is 0 Å². The summed E-state index contributed by atoms with van der Waals surface area (Å²) in [5.41, 5.74) is 1.95. The van der Waals surface area contributed by atoms with E-state index in [9.17, 15) is 4.39 Å². The van der Waals surface area contributed by atoms with Crippen molar-refractivity contribution in [3.8, 4) is 0 Å². The van der Waals surface area contributed by atoms with Crippen molar-refractivity contribution in [1.82, 2.24) is 5.32 Å². The minimum atomic E-state index is -0.170. The van der Waals surface area contributed by atoms with Gasteiger partial charge in [0.25, 0.3) is 0 Å². The first-order valence-corrected chi connectivity index (χ1v) is 8.05. The highest BCUT2D eigenvalue weighted by atomic mass is 79.9. The van der Waals surface area contributed by atoms with Crippen molar-refractivity contribution < 1.29 is 4.39 Å². The third kappa shape index (κ3) is 4.69. The Balaban J connectivity index is 1.90. The molecule has 0 aromatic heterocycles. The predicted octanol–water partition coefficient (Wildman–Crippen LogP) is 5.07. The first-order valence-electron chi connectivity index (χ1n) is 6.46. The molecule has 0 aliphatic rings. The summed E-state index contributed by atoms with van der Waals surface area (Å²) in [6, 6.07) is 13.6. The molecule has 4 heteroatoms. The first kappa shape index (κ1) is 15.7. The average molecular weight is 401 g/mol. The average Bonchev–Trinajstić information content (AvgIpc) is 2.42. The molecule has 0 heterocycles. The van der Waals surface area contributed by atoms with E-state index in [0.29, 0.717) is 12.1 Å². The fourth-order valence-electron chi connectivity index (χ4n) is 2.01. The van der Waals surface area contributed by atoms with Gasteiger partial charge in [0.15, 0.2) is 0 Å². The Labute approximate surface area is 135 Å². The molecule has 2 rings (SSSR count). The molecule has 0 bridgehead atoms. The fourth-order valence-corrected chi connectivity index (χ4v) is 2.68. The third-order valence-corrected chi connectivity index (χ3v) is 4.13. The van der Waals surface area contributed by atoms with E-state index in [1.165, 1.54) is 11.6 Å². The molecule has 106 valence electrons. The zero-order valence-electron chi connectivity index (χ0n) is 11.2. The molecule has 1 unspecified atom stereocenters. The Morgan fingerprint density at radius 2 is 1.70 bits per heavy atom. The Kier molecular flexibility index (Phi) is 5.75. The third-order valence-electron chi connectivity index (χ3n) is 3.10. The van der Waals surface area contributed by atoms with Gasteiger partial charge in [0.1, 0.15) is 5.82 Å². The number of nitrogens with one attached hydrogen (secondary N) is 1. The highest BCUT2D eigenvalue weighted by molar-refractivity contribution is 9.10. The van der Waals surface area contributed by atoms with Crippen molar-refractivity contribution in [3.63, 3.8) is 0 Å². The highest BCUT2D eigenvalue weighted by Crippen LogP contribution is 2.16. The number of hydrogen-bond acceptors (Lipinski definition) is 1. The Morgan fingerprint density at radius 3 is 2.40 bits per heavy atom. The molecule has 0 saturated carbocycles. The lowest BCUT2D eigenvalue weighted by Crippen LogP contribution is -2.27. The van der Waals surface area contributed by atoms with Gasteiger partial charge in [-0.05, 0) is 49.2 Å². The normalized spacial score (nSPS) is 12.4. The lowest BCUT2D eigenvalue weighted by atomic mass is 10.1. The molecular formula is C16H16Br2FN. The van der Waals surface area contributed by atoms with E-state index >= 15 is 0 Å². The maximum absolute atomic E-state index is 13.6. The molecular weight excluding hydrogens is 385 g/mol. The molecule has 1 nitrogen and oxygen atoms in total. The van der Waals surface area contributed by atoms with Crippen LogP contribution in [0.4, 0.5) is 4.39 Å². The minimum Gasteiger partial charge on any atom is -0.310 e. The smallest absolute Gasteiger partial charge is 0.127 e. The van der Waals surface area contributed by atoms with Crippen molar-refractivity contribution in [1.29, 1.82) is 0 Å². The summed E-state index contributed by atoms with van der Waals surface area (Å²) < 4.78 is 15.6. The second-order valence-electron chi connectivity index (χ2n) is 4.85. The Bertz CT molecular complexity index is 569. The number of benzene rings is 2. The Morgan fingerprint density at radius 1 is 1.05 bits per heavy atom. The van der Waals surface area contributed by atoms with E-state index in [1.54, 1.807) is 6.07 Å². The second-order valence-corrected chi connectivity index (χ2v) is 6.68. The van der Waals surface area contributed by atoms with Gasteiger partial charge in [0.05, 0.1) is 0 Å². The predicted molar refractivity (Wildman–Crippen MR) is 88.2 cm³/mol. The quantitative estimate of drug-likeness (QED) is 0.738. The summed E-state index contributed by atoms with van der Waals surface area (Å²) in [7, 11) is 0. The second kappa shape index (κ2) is 7.34. The molecule has 20 heavy (non-hydrogen) atoms. The molecule has 2 aromatic carbocycles. The van der Waals surface area contributed by atoms with Crippen LogP contribution in [0.15, 0.2) is 51.4 Å². The van der Waals surface area contributed by atoms with Crippen LogP contribution in [0.25, 0.3) is 0 Å². The van der Waals surface area contributed by atoms with Gasteiger partial charge in [-0.25, -0.2) is 4.39 Å². The van der Waals surface area contributed by atoms with Crippen LogP contribution in [-0.4, -0.2) is 6.04 Å². The maximum Gasteiger partial charge on any atom is 0.127 e. The fraction of sp³-hybridized carbons (Fsp3) is 0.250. The molecule has 0 radical (unpaired) electrons. The van der Waals surface area contributed by atoms with Crippen LogP contribution in [0.5, 0.6) is 0 Å². The van der Waals surface area contributed by atoms with Gasteiger partial charge < -0.3 is 5.32 Å². The number of halogens is 3. The SMILES string of the molecule is CC(Cc1ccc(Br)cc1)NCc1cc(Br)ccc1F. The molecule has 0 amide bonds. The summed E-state index contributed by atoms with van der Waals surface area (Å²) in [6.45, 7) is 2.64. The van der Waals surface area contributed by atoms with Crippen molar-refractivity contribution in [2.45, 2.75) is 25.9 Å². The zero-order chi connectivity index (χ0) is 14.5. The summed E-state index contributed by atoms with van der Waals surface area (Å²) in [6.07, 6.45) is 0.920. The van der Waals surface area contributed by atoms with Crippen LogP contribution in [0.2, 0.25) is 0 Å². The van der Waals surface area contributed by atoms with Gasteiger partial charge in [0.2, 0.25) is 0 Å². The standard InChI is InChI=1S/C16H16Br2FN/c1-11(8-12-2-4-14(17)5-3-12)20-10-13-9-15(18)6-7-16(13)19/h2-7,9,11,20H,8,10H2,1H3. The Hall–Kier alpha value is -0.710. The molecule has 0 spiro atoms. The van der Waals surface area contributed by atoms with E-state index in [-0.39, 0.29) is 11.9 Å². The number of rotatable bonds is 5. The van der Waals surface area contributed by atoms with E-state index < -0.39 is 0 Å². The van der Waals surface area contributed by atoms with E-state index in [0.717, 1.165) is 15.4 Å². The van der Waals surface area contributed by atoms with Gasteiger partial charge in [-0.3, -0.25) is 0 Å². The summed E-state index contributed by atoms with van der Waals surface area (Å²) in [5.74, 6) is -0.170. The molecule has 0 fully saturated rings. The van der Waals surface area contributed by atoms with Gasteiger partial charge in [-0.15, -0.1) is 0 Å².